The van der Waals surface area contributed by atoms with Gasteiger partial charge in [-0.3, -0.25) is 4.99 Å². The van der Waals surface area contributed by atoms with Gasteiger partial charge in [-0.05, 0) is 43.4 Å². The Kier molecular flexibility index (Phi) is 9.08. The Bertz CT molecular complexity index is 573. The zero-order valence-corrected chi connectivity index (χ0v) is 17.3. The Balaban J connectivity index is 1.85. The van der Waals surface area contributed by atoms with E-state index >= 15 is 0 Å². The summed E-state index contributed by atoms with van der Waals surface area (Å²) >= 11 is 0. The zero-order chi connectivity index (χ0) is 19.5. The van der Waals surface area contributed by atoms with E-state index in [1.165, 1.54) is 38.5 Å². The van der Waals surface area contributed by atoms with E-state index in [0.29, 0.717) is 30.4 Å². The van der Waals surface area contributed by atoms with Crippen LogP contribution in [0.2, 0.25) is 0 Å². The Morgan fingerprint density at radius 3 is 2.33 bits per heavy atom. The van der Waals surface area contributed by atoms with Crippen LogP contribution in [-0.4, -0.2) is 40.4 Å². The van der Waals surface area contributed by atoms with Crippen molar-refractivity contribution in [3.05, 3.63) is 17.7 Å². The van der Waals surface area contributed by atoms with Gasteiger partial charge < -0.3 is 24.8 Å². The first-order valence-corrected chi connectivity index (χ1v) is 10.0. The van der Waals surface area contributed by atoms with Crippen molar-refractivity contribution in [2.24, 2.45) is 10.9 Å². The number of hydrogen-bond donors (Lipinski definition) is 2. The van der Waals surface area contributed by atoms with Crippen LogP contribution in [0.25, 0.3) is 0 Å². The molecular formula is C21H35N3O3. The second kappa shape index (κ2) is 11.6. The highest BCUT2D eigenvalue weighted by molar-refractivity contribution is 5.79. The Morgan fingerprint density at radius 1 is 1.11 bits per heavy atom. The summed E-state index contributed by atoms with van der Waals surface area (Å²) in [5, 5.41) is 6.76. The molecule has 1 aromatic carbocycles. The van der Waals surface area contributed by atoms with Crippen molar-refractivity contribution in [2.75, 3.05) is 34.4 Å². The van der Waals surface area contributed by atoms with Crippen LogP contribution in [0.15, 0.2) is 17.1 Å². The maximum absolute atomic E-state index is 5.65. The molecule has 0 radical (unpaired) electrons. The van der Waals surface area contributed by atoms with Gasteiger partial charge >= 0.3 is 0 Å². The minimum absolute atomic E-state index is 0.557. The Labute approximate surface area is 163 Å². The molecule has 2 rings (SSSR count). The molecule has 1 fully saturated rings. The molecule has 0 unspecified atom stereocenters. The molecule has 1 aliphatic rings. The Hall–Kier alpha value is -2.11. The van der Waals surface area contributed by atoms with Gasteiger partial charge in [0, 0.05) is 20.1 Å². The second-order valence-corrected chi connectivity index (χ2v) is 6.91. The summed E-state index contributed by atoms with van der Waals surface area (Å²) in [7, 11) is 5.07. The van der Waals surface area contributed by atoms with Gasteiger partial charge in [0.15, 0.2) is 17.5 Å². The molecule has 1 aromatic rings. The van der Waals surface area contributed by atoms with Gasteiger partial charge in [-0.2, -0.15) is 0 Å². The monoisotopic (exact) mass is 377 g/mol. The molecule has 27 heavy (non-hydrogen) atoms. The number of methoxy groups -OCH3 is 2. The minimum atomic E-state index is 0.557. The molecule has 0 heterocycles. The molecule has 0 spiro atoms. The third-order valence-electron chi connectivity index (χ3n) is 5.05. The number of aliphatic imine (C=N–C) groups is 1. The van der Waals surface area contributed by atoms with Crippen molar-refractivity contribution in [3.8, 4) is 17.2 Å². The fourth-order valence-corrected chi connectivity index (χ4v) is 3.63. The Morgan fingerprint density at radius 2 is 1.78 bits per heavy atom. The third kappa shape index (κ3) is 6.52. The SMILES string of the molecule is CCOc1c(OC)cc(CNC(=NC)NCCCC2CCCC2)cc1OC. The summed E-state index contributed by atoms with van der Waals surface area (Å²) in [5.41, 5.74) is 1.04. The van der Waals surface area contributed by atoms with Crippen LogP contribution in [0.4, 0.5) is 0 Å². The molecule has 0 atom stereocenters. The summed E-state index contributed by atoms with van der Waals surface area (Å²) in [6.07, 6.45) is 8.16. The van der Waals surface area contributed by atoms with E-state index < -0.39 is 0 Å². The van der Waals surface area contributed by atoms with Crippen molar-refractivity contribution in [3.63, 3.8) is 0 Å². The minimum Gasteiger partial charge on any atom is -0.493 e. The van der Waals surface area contributed by atoms with E-state index in [1.807, 2.05) is 19.1 Å². The molecule has 1 aliphatic carbocycles. The molecule has 6 nitrogen and oxygen atoms in total. The van der Waals surface area contributed by atoms with Crippen LogP contribution in [0, 0.1) is 5.92 Å². The molecule has 2 N–H and O–H groups in total. The van der Waals surface area contributed by atoms with Gasteiger partial charge in [0.1, 0.15) is 0 Å². The average Bonchev–Trinajstić information content (AvgIpc) is 3.21. The first kappa shape index (κ1) is 21.2. The van der Waals surface area contributed by atoms with Gasteiger partial charge in [-0.1, -0.05) is 25.7 Å². The number of rotatable bonds is 10. The standard InChI is InChI=1S/C21H35N3O3/c1-5-27-20-18(25-3)13-17(14-19(20)26-4)15-24-21(22-2)23-12-8-11-16-9-6-7-10-16/h13-14,16H,5-12,15H2,1-4H3,(H2,22,23,24). The lowest BCUT2D eigenvalue weighted by Gasteiger charge is -2.17. The predicted octanol–water partition coefficient (Wildman–Crippen LogP) is 3.74. The van der Waals surface area contributed by atoms with E-state index in [4.69, 9.17) is 14.2 Å². The number of nitrogens with zero attached hydrogens (tertiary/aromatic N) is 1. The van der Waals surface area contributed by atoms with E-state index in [-0.39, 0.29) is 0 Å². The van der Waals surface area contributed by atoms with E-state index in [9.17, 15) is 0 Å². The molecule has 0 bridgehead atoms. The fourth-order valence-electron chi connectivity index (χ4n) is 3.63. The summed E-state index contributed by atoms with van der Waals surface area (Å²) in [4.78, 5) is 4.31. The number of hydrogen-bond acceptors (Lipinski definition) is 4. The van der Waals surface area contributed by atoms with Crippen LogP contribution in [0.3, 0.4) is 0 Å². The quantitative estimate of drug-likeness (QED) is 0.369. The van der Waals surface area contributed by atoms with Crippen LogP contribution in [0.5, 0.6) is 17.2 Å². The van der Waals surface area contributed by atoms with E-state index in [1.54, 1.807) is 21.3 Å². The highest BCUT2D eigenvalue weighted by Gasteiger charge is 2.15. The first-order chi connectivity index (χ1) is 13.2. The van der Waals surface area contributed by atoms with Gasteiger partial charge in [0.05, 0.1) is 20.8 Å². The third-order valence-corrected chi connectivity index (χ3v) is 5.05. The number of ether oxygens (including phenoxy) is 3. The summed E-state index contributed by atoms with van der Waals surface area (Å²) < 4.78 is 16.6. The molecule has 0 saturated heterocycles. The van der Waals surface area contributed by atoms with Crippen LogP contribution < -0.4 is 24.8 Å². The summed E-state index contributed by atoms with van der Waals surface area (Å²) in [5.74, 6) is 3.74. The first-order valence-electron chi connectivity index (χ1n) is 10.0. The maximum atomic E-state index is 5.65. The van der Waals surface area contributed by atoms with Crippen molar-refractivity contribution in [2.45, 2.75) is 52.0 Å². The van der Waals surface area contributed by atoms with Gasteiger partial charge in [-0.25, -0.2) is 0 Å². The molecule has 0 aliphatic heterocycles. The fraction of sp³-hybridized carbons (Fsp3) is 0.667. The molecular weight excluding hydrogens is 342 g/mol. The smallest absolute Gasteiger partial charge is 0.203 e. The normalized spacial score (nSPS) is 14.9. The van der Waals surface area contributed by atoms with Crippen molar-refractivity contribution in [1.82, 2.24) is 10.6 Å². The van der Waals surface area contributed by atoms with Crippen LogP contribution in [0.1, 0.15) is 51.0 Å². The molecule has 1 saturated carbocycles. The highest BCUT2D eigenvalue weighted by atomic mass is 16.5. The van der Waals surface area contributed by atoms with Gasteiger partial charge in [-0.15, -0.1) is 0 Å². The molecule has 152 valence electrons. The number of nitrogens with one attached hydrogen (secondary N) is 2. The van der Waals surface area contributed by atoms with Crippen LogP contribution >= 0.6 is 0 Å². The lowest BCUT2D eigenvalue weighted by molar-refractivity contribution is 0.288. The van der Waals surface area contributed by atoms with Crippen molar-refractivity contribution >= 4 is 5.96 Å². The van der Waals surface area contributed by atoms with E-state index in [2.05, 4.69) is 15.6 Å². The maximum Gasteiger partial charge on any atom is 0.203 e. The lowest BCUT2D eigenvalue weighted by atomic mass is 10.0. The van der Waals surface area contributed by atoms with Crippen molar-refractivity contribution in [1.29, 1.82) is 0 Å². The molecule has 0 aromatic heterocycles. The summed E-state index contributed by atoms with van der Waals surface area (Å²) in [6, 6.07) is 3.93. The zero-order valence-electron chi connectivity index (χ0n) is 17.3. The topological polar surface area (TPSA) is 64.1 Å². The highest BCUT2D eigenvalue weighted by Crippen LogP contribution is 2.38. The molecule has 0 amide bonds. The predicted molar refractivity (Wildman–Crippen MR) is 110 cm³/mol. The van der Waals surface area contributed by atoms with Gasteiger partial charge in [0.2, 0.25) is 5.75 Å². The summed E-state index contributed by atoms with van der Waals surface area (Å²) in [6.45, 7) is 4.08. The molecule has 6 heteroatoms. The van der Waals surface area contributed by atoms with Crippen LogP contribution in [-0.2, 0) is 6.54 Å². The average molecular weight is 378 g/mol. The van der Waals surface area contributed by atoms with E-state index in [0.717, 1.165) is 24.0 Å². The second-order valence-electron chi connectivity index (χ2n) is 6.91. The van der Waals surface area contributed by atoms with Gasteiger partial charge in [0.25, 0.3) is 0 Å². The van der Waals surface area contributed by atoms with Crippen molar-refractivity contribution < 1.29 is 14.2 Å². The largest absolute Gasteiger partial charge is 0.493 e. The number of benzene rings is 1. The number of guanidine groups is 1. The lowest BCUT2D eigenvalue weighted by Crippen LogP contribution is -2.37.